The molecule has 0 heterocycles. The predicted molar refractivity (Wildman–Crippen MR) is 53.3 cm³/mol. The Kier molecular flexibility index (Phi) is 2.81. The van der Waals surface area contributed by atoms with Gasteiger partial charge in [-0.15, -0.1) is 0 Å². The van der Waals surface area contributed by atoms with Gasteiger partial charge in [-0.2, -0.15) is 0 Å². The summed E-state index contributed by atoms with van der Waals surface area (Å²) in [6, 6.07) is -0.241. The average Bonchev–Trinajstić information content (AvgIpc) is 2.91. The van der Waals surface area contributed by atoms with E-state index in [0.717, 1.165) is 38.5 Å². The lowest BCUT2D eigenvalue weighted by molar-refractivity contribution is 0.101. The molecule has 0 bridgehead atoms. The average molecular weight is 219 g/mol. The van der Waals surface area contributed by atoms with Gasteiger partial charge in [0.25, 0.3) is 0 Å². The highest BCUT2D eigenvalue weighted by Crippen LogP contribution is 2.29. The van der Waals surface area contributed by atoms with Crippen LogP contribution < -0.4 is 4.72 Å². The van der Waals surface area contributed by atoms with Crippen LogP contribution >= 0.6 is 0 Å². The molecule has 0 aromatic carbocycles. The fourth-order valence-corrected chi connectivity index (χ4v) is 3.58. The van der Waals surface area contributed by atoms with E-state index in [4.69, 9.17) is 0 Å². The molecule has 4 nitrogen and oxygen atoms in total. The highest BCUT2D eigenvalue weighted by Gasteiger charge is 2.38. The Bertz CT molecular complexity index is 297. The van der Waals surface area contributed by atoms with Crippen molar-refractivity contribution < 1.29 is 13.5 Å². The molecule has 2 saturated carbocycles. The summed E-state index contributed by atoms with van der Waals surface area (Å²) >= 11 is 0. The van der Waals surface area contributed by atoms with Crippen molar-refractivity contribution in [1.82, 2.24) is 4.72 Å². The van der Waals surface area contributed by atoms with Crippen LogP contribution in [-0.4, -0.2) is 30.9 Å². The maximum atomic E-state index is 11.6. The van der Waals surface area contributed by atoms with Crippen molar-refractivity contribution in [2.24, 2.45) is 0 Å². The van der Waals surface area contributed by atoms with Crippen molar-refractivity contribution in [2.75, 3.05) is 0 Å². The summed E-state index contributed by atoms with van der Waals surface area (Å²) in [7, 11) is -3.13. The van der Waals surface area contributed by atoms with Crippen molar-refractivity contribution in [1.29, 1.82) is 0 Å². The molecule has 14 heavy (non-hydrogen) atoms. The Hall–Kier alpha value is -0.130. The highest BCUT2D eigenvalue weighted by atomic mass is 32.2. The van der Waals surface area contributed by atoms with Gasteiger partial charge in [-0.05, 0) is 25.7 Å². The van der Waals surface area contributed by atoms with Gasteiger partial charge in [-0.1, -0.05) is 12.8 Å². The van der Waals surface area contributed by atoms with Crippen LogP contribution in [0, 0.1) is 0 Å². The number of aliphatic hydroxyl groups is 1. The van der Waals surface area contributed by atoms with Crippen LogP contribution in [0.15, 0.2) is 0 Å². The minimum absolute atomic E-state index is 0.184. The first-order valence-corrected chi connectivity index (χ1v) is 6.83. The molecular weight excluding hydrogens is 202 g/mol. The van der Waals surface area contributed by atoms with Crippen LogP contribution in [0.3, 0.4) is 0 Å². The Morgan fingerprint density at radius 3 is 2.29 bits per heavy atom. The second-order valence-corrected chi connectivity index (χ2v) is 6.31. The van der Waals surface area contributed by atoms with Gasteiger partial charge in [0.2, 0.25) is 10.0 Å². The number of nitrogens with one attached hydrogen (secondary N) is 1. The van der Waals surface area contributed by atoms with E-state index in [2.05, 4.69) is 4.72 Å². The van der Waals surface area contributed by atoms with Crippen LogP contribution in [-0.2, 0) is 10.0 Å². The lowest BCUT2D eigenvalue weighted by Crippen LogP contribution is -2.46. The summed E-state index contributed by atoms with van der Waals surface area (Å²) in [5.41, 5.74) is 0. The number of hydrogen-bond acceptors (Lipinski definition) is 3. The first kappa shape index (κ1) is 10.4. The Morgan fingerprint density at radius 1 is 1.07 bits per heavy atom. The predicted octanol–water partition coefficient (Wildman–Crippen LogP) is 0.372. The molecule has 2 aliphatic rings. The lowest BCUT2D eigenvalue weighted by Gasteiger charge is -2.28. The lowest BCUT2D eigenvalue weighted by atomic mass is 9.93. The molecule has 0 aromatic heterocycles. The first-order valence-electron chi connectivity index (χ1n) is 5.29. The third-order valence-electron chi connectivity index (χ3n) is 3.01. The molecule has 2 rings (SSSR count). The number of sulfonamides is 1. The van der Waals surface area contributed by atoms with Crippen molar-refractivity contribution in [3.63, 3.8) is 0 Å². The van der Waals surface area contributed by atoms with Gasteiger partial charge >= 0.3 is 0 Å². The maximum Gasteiger partial charge on any atom is 0.214 e. The van der Waals surface area contributed by atoms with E-state index in [1.807, 2.05) is 0 Å². The van der Waals surface area contributed by atoms with Crippen LogP contribution in [0.25, 0.3) is 0 Å². The van der Waals surface area contributed by atoms with Crippen LogP contribution in [0.1, 0.15) is 38.5 Å². The normalized spacial score (nSPS) is 34.4. The number of hydrogen-bond donors (Lipinski definition) is 2. The summed E-state index contributed by atoms with van der Waals surface area (Å²) in [4.78, 5) is 0. The molecule has 0 radical (unpaired) electrons. The van der Waals surface area contributed by atoms with Crippen LogP contribution in [0.4, 0.5) is 0 Å². The Labute approximate surface area is 84.8 Å². The number of rotatable bonds is 3. The molecule has 2 atom stereocenters. The summed E-state index contributed by atoms with van der Waals surface area (Å²) in [5, 5.41) is 9.42. The molecule has 82 valence electrons. The molecule has 0 saturated heterocycles. The van der Waals surface area contributed by atoms with E-state index in [1.54, 1.807) is 0 Å². The molecule has 0 aromatic rings. The topological polar surface area (TPSA) is 66.4 Å². The van der Waals surface area contributed by atoms with E-state index in [9.17, 15) is 13.5 Å². The second kappa shape index (κ2) is 3.79. The Morgan fingerprint density at radius 2 is 1.71 bits per heavy atom. The van der Waals surface area contributed by atoms with Gasteiger partial charge < -0.3 is 5.11 Å². The van der Waals surface area contributed by atoms with Crippen molar-refractivity contribution >= 4 is 10.0 Å². The third kappa shape index (κ3) is 2.27. The van der Waals surface area contributed by atoms with Crippen molar-refractivity contribution in [3.8, 4) is 0 Å². The molecule has 2 aliphatic carbocycles. The van der Waals surface area contributed by atoms with E-state index >= 15 is 0 Å². The van der Waals surface area contributed by atoms with E-state index < -0.39 is 16.1 Å². The van der Waals surface area contributed by atoms with Crippen LogP contribution in [0.2, 0.25) is 0 Å². The largest absolute Gasteiger partial charge is 0.391 e. The SMILES string of the molecule is O=S(=O)(N[C@@H]1CCCC[C@H]1O)C1CC1. The maximum absolute atomic E-state index is 11.6. The number of aliphatic hydroxyl groups excluding tert-OH is 1. The van der Waals surface area contributed by atoms with Gasteiger partial charge in [0, 0.05) is 6.04 Å². The quantitative estimate of drug-likeness (QED) is 0.721. The minimum Gasteiger partial charge on any atom is -0.391 e. The van der Waals surface area contributed by atoms with Crippen molar-refractivity contribution in [2.45, 2.75) is 55.9 Å². The smallest absolute Gasteiger partial charge is 0.214 e. The van der Waals surface area contributed by atoms with E-state index in [-0.39, 0.29) is 11.3 Å². The first-order chi connectivity index (χ1) is 6.59. The summed E-state index contributed by atoms with van der Waals surface area (Å²) in [6.07, 6.45) is 4.57. The molecule has 0 amide bonds. The molecule has 0 aliphatic heterocycles. The van der Waals surface area contributed by atoms with Gasteiger partial charge in [0.1, 0.15) is 0 Å². The summed E-state index contributed by atoms with van der Waals surface area (Å²) < 4.78 is 25.8. The zero-order valence-electron chi connectivity index (χ0n) is 8.15. The Balaban J connectivity index is 1.95. The van der Waals surface area contributed by atoms with E-state index in [1.165, 1.54) is 0 Å². The monoisotopic (exact) mass is 219 g/mol. The standard InChI is InChI=1S/C9H17NO3S/c11-9-4-2-1-3-8(9)10-14(12,13)7-5-6-7/h7-11H,1-6H2/t8-,9-/m1/s1. The van der Waals surface area contributed by atoms with Gasteiger partial charge in [-0.25, -0.2) is 13.1 Å². The summed E-state index contributed by atoms with van der Waals surface area (Å²) in [5.74, 6) is 0. The fraction of sp³-hybridized carbons (Fsp3) is 1.00. The van der Waals surface area contributed by atoms with Crippen LogP contribution in [0.5, 0.6) is 0 Å². The third-order valence-corrected chi connectivity index (χ3v) is 4.99. The summed E-state index contributed by atoms with van der Waals surface area (Å²) in [6.45, 7) is 0. The van der Waals surface area contributed by atoms with Crippen molar-refractivity contribution in [3.05, 3.63) is 0 Å². The second-order valence-electron chi connectivity index (χ2n) is 4.32. The fourth-order valence-electron chi connectivity index (χ4n) is 1.93. The molecule has 0 spiro atoms. The molecule has 0 unspecified atom stereocenters. The van der Waals surface area contributed by atoms with E-state index in [0.29, 0.717) is 0 Å². The zero-order chi connectivity index (χ0) is 10.2. The van der Waals surface area contributed by atoms with Gasteiger partial charge in [0.15, 0.2) is 0 Å². The molecule has 2 fully saturated rings. The zero-order valence-corrected chi connectivity index (χ0v) is 8.96. The van der Waals surface area contributed by atoms with Gasteiger partial charge in [0.05, 0.1) is 11.4 Å². The molecule has 5 heteroatoms. The highest BCUT2D eigenvalue weighted by molar-refractivity contribution is 7.90. The minimum atomic E-state index is -3.13. The molecule has 2 N–H and O–H groups in total. The van der Waals surface area contributed by atoms with Gasteiger partial charge in [-0.3, -0.25) is 0 Å². The molecular formula is C9H17NO3S.